The predicted molar refractivity (Wildman–Crippen MR) is 148 cm³/mol. The first kappa shape index (κ1) is 25.0. The maximum absolute atomic E-state index is 13.1. The summed E-state index contributed by atoms with van der Waals surface area (Å²) in [6.07, 6.45) is 3.89. The zero-order chi connectivity index (χ0) is 25.8. The van der Waals surface area contributed by atoms with Crippen LogP contribution in [-0.2, 0) is 11.3 Å². The lowest BCUT2D eigenvalue weighted by Crippen LogP contribution is -2.55. The third kappa shape index (κ3) is 5.55. The molecule has 9 heteroatoms. The van der Waals surface area contributed by atoms with Gasteiger partial charge in [0.1, 0.15) is 6.61 Å². The molecule has 0 radical (unpaired) electrons. The van der Waals surface area contributed by atoms with Crippen molar-refractivity contribution < 1.29 is 14.7 Å². The fourth-order valence-electron chi connectivity index (χ4n) is 4.61. The van der Waals surface area contributed by atoms with Gasteiger partial charge in [0, 0.05) is 37.3 Å². The van der Waals surface area contributed by atoms with Crippen molar-refractivity contribution >= 4 is 51.8 Å². The maximum atomic E-state index is 13.1. The molecule has 0 bridgehead atoms. The lowest BCUT2D eigenvalue weighted by atomic mass is 10.0. The van der Waals surface area contributed by atoms with Crippen LogP contribution in [0.4, 0.5) is 5.69 Å². The number of fused-ring (bicyclic) bond motifs is 1. The summed E-state index contributed by atoms with van der Waals surface area (Å²) in [7, 11) is 0. The minimum absolute atomic E-state index is 0.153. The summed E-state index contributed by atoms with van der Waals surface area (Å²) in [6.45, 7) is 3.96. The van der Waals surface area contributed by atoms with Crippen LogP contribution in [0.15, 0.2) is 53.9 Å². The number of aliphatic hydroxyl groups is 1. The van der Waals surface area contributed by atoms with Crippen LogP contribution in [0.3, 0.4) is 0 Å². The van der Waals surface area contributed by atoms with Crippen LogP contribution in [0.1, 0.15) is 32.1 Å². The minimum atomic E-state index is -0.476. The van der Waals surface area contributed by atoms with Gasteiger partial charge < -0.3 is 15.7 Å². The molecule has 0 aliphatic carbocycles. The molecule has 4 N–H and O–H groups in total. The topological polar surface area (TPSA) is 110 Å². The quantitative estimate of drug-likeness (QED) is 0.285. The number of carbonyl (C=O) groups excluding carboxylic acids is 2. The fraction of sp³-hybridized carbons (Fsp3) is 0.250. The first-order chi connectivity index (χ1) is 18.0. The van der Waals surface area contributed by atoms with Crippen molar-refractivity contribution in [3.05, 3.63) is 81.2 Å². The Balaban J connectivity index is 1.45. The molecule has 2 aromatic heterocycles. The first-order valence-electron chi connectivity index (χ1n) is 12.2. The molecule has 8 nitrogen and oxygen atoms in total. The molecular weight excluding hydrogens is 486 g/mol. The Bertz CT molecular complexity index is 1460. The van der Waals surface area contributed by atoms with Gasteiger partial charge in [-0.05, 0) is 53.3 Å². The highest BCUT2D eigenvalue weighted by atomic mass is 32.1. The number of amides is 1. The molecule has 4 aromatic rings. The number of aliphatic hydroxyl groups excluding tert-OH is 1. The largest absolute Gasteiger partial charge is 0.389 e. The second kappa shape index (κ2) is 11.2. The molecule has 1 unspecified atom stereocenters. The van der Waals surface area contributed by atoms with Crippen LogP contribution < -0.4 is 10.6 Å². The number of nitrogens with one attached hydrogen (secondary N) is 3. The number of hydrogen-bond donors (Lipinski definition) is 4. The summed E-state index contributed by atoms with van der Waals surface area (Å²) in [4.78, 5) is 28.1. The van der Waals surface area contributed by atoms with E-state index < -0.39 is 6.61 Å². The summed E-state index contributed by atoms with van der Waals surface area (Å²) in [6, 6.07) is 15.4. The highest BCUT2D eigenvalue weighted by molar-refractivity contribution is 7.12. The molecule has 1 amide bonds. The van der Waals surface area contributed by atoms with Gasteiger partial charge >= 0.3 is 0 Å². The van der Waals surface area contributed by atoms with Crippen molar-refractivity contribution in [1.82, 2.24) is 20.4 Å². The van der Waals surface area contributed by atoms with Crippen molar-refractivity contribution in [2.45, 2.75) is 19.5 Å². The third-order valence-corrected chi connectivity index (χ3v) is 7.64. The zero-order valence-electron chi connectivity index (χ0n) is 20.5. The molecule has 1 aliphatic rings. The highest BCUT2D eigenvalue weighted by Gasteiger charge is 2.28. The normalized spacial score (nSPS) is 16.4. The molecule has 3 heterocycles. The summed E-state index contributed by atoms with van der Waals surface area (Å²) >= 11 is 1.41. The van der Waals surface area contributed by atoms with Crippen molar-refractivity contribution in [2.24, 2.45) is 0 Å². The second-order valence-corrected chi connectivity index (χ2v) is 10.0. The number of carbonyl (C=O) groups is 2. The van der Waals surface area contributed by atoms with Crippen molar-refractivity contribution in [2.75, 3.05) is 31.6 Å². The Labute approximate surface area is 219 Å². The number of aromatic nitrogens is 2. The van der Waals surface area contributed by atoms with E-state index >= 15 is 0 Å². The van der Waals surface area contributed by atoms with E-state index in [1.807, 2.05) is 73.0 Å². The maximum Gasteiger partial charge on any atom is 0.266 e. The van der Waals surface area contributed by atoms with E-state index in [1.165, 1.54) is 11.3 Å². The number of piperazine rings is 1. The van der Waals surface area contributed by atoms with E-state index in [2.05, 4.69) is 25.7 Å². The van der Waals surface area contributed by atoms with E-state index in [9.17, 15) is 14.7 Å². The van der Waals surface area contributed by atoms with E-state index in [4.69, 9.17) is 0 Å². The molecule has 1 fully saturated rings. The first-order valence-corrected chi connectivity index (χ1v) is 13.1. The van der Waals surface area contributed by atoms with Gasteiger partial charge in [0.15, 0.2) is 5.78 Å². The second-order valence-electron chi connectivity index (χ2n) is 9.11. The number of benzene rings is 2. The van der Waals surface area contributed by atoms with E-state index in [0.29, 0.717) is 30.2 Å². The number of anilines is 1. The Morgan fingerprint density at radius 1 is 1.22 bits per heavy atom. The number of para-hydroxylation sites is 1. The molecule has 190 valence electrons. The smallest absolute Gasteiger partial charge is 0.266 e. The summed E-state index contributed by atoms with van der Waals surface area (Å²) < 4.78 is 0. The number of aromatic amines is 1. The number of rotatable bonds is 8. The van der Waals surface area contributed by atoms with Gasteiger partial charge in [-0.15, -0.1) is 11.3 Å². The number of Topliss-reactive ketones (excluding diaryl/α,β-unsaturated/α-hetero) is 1. The summed E-state index contributed by atoms with van der Waals surface area (Å²) in [5, 5.41) is 26.1. The average Bonchev–Trinajstić information content (AvgIpc) is 3.54. The van der Waals surface area contributed by atoms with E-state index in [0.717, 1.165) is 39.8 Å². The SMILES string of the molecule is Cc1ccsc1C(=O)Nc1cc(CN2CCNCC2C(=O)CO)ccc1/C=C/c1n[nH]c2ccccc12. The van der Waals surface area contributed by atoms with Gasteiger partial charge in [0.05, 0.1) is 22.1 Å². The lowest BCUT2D eigenvalue weighted by molar-refractivity contribution is -0.127. The van der Waals surface area contributed by atoms with E-state index in [-0.39, 0.29) is 17.7 Å². The number of hydrogen-bond acceptors (Lipinski definition) is 7. The summed E-state index contributed by atoms with van der Waals surface area (Å²) in [5.74, 6) is -0.347. The van der Waals surface area contributed by atoms with Crippen molar-refractivity contribution in [3.63, 3.8) is 0 Å². The fourth-order valence-corrected chi connectivity index (χ4v) is 5.43. The number of aryl methyl sites for hydroxylation is 1. The zero-order valence-corrected chi connectivity index (χ0v) is 21.3. The van der Waals surface area contributed by atoms with Crippen LogP contribution in [0.2, 0.25) is 0 Å². The standard InChI is InChI=1S/C28H29N5O3S/c1-18-10-13-37-27(18)28(36)30-24-14-19(16-33-12-11-29-15-25(33)26(35)17-34)6-7-20(24)8-9-23-21-4-2-3-5-22(21)31-32-23/h2-10,13-14,25,29,34H,11-12,15-17H2,1H3,(H,30,36)(H,31,32)/b9-8+. The Morgan fingerprint density at radius 2 is 2.08 bits per heavy atom. The van der Waals surface area contributed by atoms with Crippen LogP contribution in [0, 0.1) is 6.92 Å². The predicted octanol–water partition coefficient (Wildman–Crippen LogP) is 3.69. The molecule has 1 saturated heterocycles. The Morgan fingerprint density at radius 3 is 2.89 bits per heavy atom. The highest BCUT2D eigenvalue weighted by Crippen LogP contribution is 2.26. The molecule has 1 atom stereocenters. The summed E-state index contributed by atoms with van der Waals surface area (Å²) in [5.41, 5.74) is 5.22. The molecule has 5 rings (SSSR count). The van der Waals surface area contributed by atoms with Crippen LogP contribution in [-0.4, -0.2) is 64.2 Å². The van der Waals surface area contributed by atoms with Crippen LogP contribution in [0.5, 0.6) is 0 Å². The van der Waals surface area contributed by atoms with Crippen LogP contribution >= 0.6 is 11.3 Å². The van der Waals surface area contributed by atoms with Gasteiger partial charge in [0.25, 0.3) is 5.91 Å². The number of ketones is 1. The van der Waals surface area contributed by atoms with Gasteiger partial charge in [-0.1, -0.05) is 36.4 Å². The van der Waals surface area contributed by atoms with Crippen molar-refractivity contribution in [3.8, 4) is 0 Å². The van der Waals surface area contributed by atoms with Gasteiger partial charge in [-0.25, -0.2) is 0 Å². The number of nitrogens with zero attached hydrogens (tertiary/aromatic N) is 2. The molecule has 0 spiro atoms. The number of H-pyrrole nitrogens is 1. The molecule has 37 heavy (non-hydrogen) atoms. The Hall–Kier alpha value is -3.63. The van der Waals surface area contributed by atoms with E-state index in [1.54, 1.807) is 0 Å². The third-order valence-electron chi connectivity index (χ3n) is 6.62. The monoisotopic (exact) mass is 515 g/mol. The van der Waals surface area contributed by atoms with Gasteiger partial charge in [0.2, 0.25) is 0 Å². The molecule has 2 aromatic carbocycles. The lowest BCUT2D eigenvalue weighted by Gasteiger charge is -2.35. The van der Waals surface area contributed by atoms with Gasteiger partial charge in [-0.2, -0.15) is 5.10 Å². The van der Waals surface area contributed by atoms with Crippen LogP contribution in [0.25, 0.3) is 23.1 Å². The molecule has 1 aliphatic heterocycles. The molecule has 0 saturated carbocycles. The molecular formula is C28H29N5O3S. The average molecular weight is 516 g/mol. The van der Waals surface area contributed by atoms with Gasteiger partial charge in [-0.3, -0.25) is 19.6 Å². The minimum Gasteiger partial charge on any atom is -0.389 e. The number of thiophene rings is 1. The van der Waals surface area contributed by atoms with Crippen molar-refractivity contribution in [1.29, 1.82) is 0 Å². The Kier molecular flexibility index (Phi) is 7.57.